The molecule has 0 radical (unpaired) electrons. The van der Waals surface area contributed by atoms with Crippen molar-refractivity contribution in [1.29, 1.82) is 5.26 Å². The Labute approximate surface area is 185 Å². The van der Waals surface area contributed by atoms with E-state index in [0.717, 1.165) is 5.56 Å². The summed E-state index contributed by atoms with van der Waals surface area (Å²) >= 11 is 5.93. The molecule has 2 amide bonds. The third kappa shape index (κ3) is 5.95. The standard InChI is InChI=1S/C22H23ClN4O4/c1-30-18-4-2-3-15(11-18)20(27-7-9-31-10-8-27)14-25-21(28)22(29)26-19-12-17(23)6-5-16(19)13-24/h2-6,11-12,20H,7-10,14H2,1H3,(H,25,28)(H,26,29)/t20-/m0/s1. The van der Waals surface area contributed by atoms with Crippen LogP contribution in [0, 0.1) is 11.3 Å². The lowest BCUT2D eigenvalue weighted by molar-refractivity contribution is -0.136. The van der Waals surface area contributed by atoms with Crippen molar-refractivity contribution in [3.05, 3.63) is 58.6 Å². The van der Waals surface area contributed by atoms with Crippen molar-refractivity contribution >= 4 is 29.1 Å². The molecular weight excluding hydrogens is 420 g/mol. The maximum absolute atomic E-state index is 12.5. The summed E-state index contributed by atoms with van der Waals surface area (Å²) in [6.07, 6.45) is 0. The van der Waals surface area contributed by atoms with E-state index in [0.29, 0.717) is 37.1 Å². The summed E-state index contributed by atoms with van der Waals surface area (Å²) in [6, 6.07) is 13.9. The molecule has 3 rings (SSSR count). The molecule has 0 unspecified atom stereocenters. The second-order valence-electron chi connectivity index (χ2n) is 6.91. The average molecular weight is 443 g/mol. The molecule has 2 aromatic carbocycles. The number of anilines is 1. The highest BCUT2D eigenvalue weighted by molar-refractivity contribution is 6.40. The number of nitrogens with zero attached hydrogens (tertiary/aromatic N) is 2. The van der Waals surface area contributed by atoms with Crippen LogP contribution >= 0.6 is 11.6 Å². The fourth-order valence-corrected chi connectivity index (χ4v) is 3.53. The fraction of sp³-hybridized carbons (Fsp3) is 0.318. The number of carbonyl (C=O) groups is 2. The lowest BCUT2D eigenvalue weighted by Gasteiger charge is -2.35. The third-order valence-electron chi connectivity index (χ3n) is 4.98. The van der Waals surface area contributed by atoms with Gasteiger partial charge in [0.05, 0.1) is 37.6 Å². The van der Waals surface area contributed by atoms with Crippen molar-refractivity contribution in [3.63, 3.8) is 0 Å². The zero-order valence-electron chi connectivity index (χ0n) is 17.1. The number of benzene rings is 2. The number of hydrogen-bond acceptors (Lipinski definition) is 6. The topological polar surface area (TPSA) is 104 Å². The molecule has 1 aliphatic heterocycles. The predicted octanol–water partition coefficient (Wildman–Crippen LogP) is 2.35. The van der Waals surface area contributed by atoms with Crippen LogP contribution in [0.15, 0.2) is 42.5 Å². The fourth-order valence-electron chi connectivity index (χ4n) is 3.36. The van der Waals surface area contributed by atoms with Gasteiger partial charge in [0.25, 0.3) is 0 Å². The van der Waals surface area contributed by atoms with E-state index in [2.05, 4.69) is 15.5 Å². The highest BCUT2D eigenvalue weighted by Crippen LogP contribution is 2.25. The summed E-state index contributed by atoms with van der Waals surface area (Å²) in [5.41, 5.74) is 1.37. The quantitative estimate of drug-likeness (QED) is 0.665. The number of hydrogen-bond donors (Lipinski definition) is 2. The highest BCUT2D eigenvalue weighted by atomic mass is 35.5. The van der Waals surface area contributed by atoms with Crippen LogP contribution in [0.3, 0.4) is 0 Å². The van der Waals surface area contributed by atoms with Crippen molar-refractivity contribution in [2.45, 2.75) is 6.04 Å². The van der Waals surface area contributed by atoms with Gasteiger partial charge in [-0.1, -0.05) is 23.7 Å². The first-order chi connectivity index (χ1) is 15.0. The number of amides is 2. The van der Waals surface area contributed by atoms with E-state index < -0.39 is 11.8 Å². The third-order valence-corrected chi connectivity index (χ3v) is 5.21. The van der Waals surface area contributed by atoms with Gasteiger partial charge >= 0.3 is 11.8 Å². The second-order valence-corrected chi connectivity index (χ2v) is 7.34. The largest absolute Gasteiger partial charge is 0.497 e. The van der Waals surface area contributed by atoms with Gasteiger partial charge in [0.15, 0.2) is 0 Å². The summed E-state index contributed by atoms with van der Waals surface area (Å²) in [5.74, 6) is -0.958. The maximum Gasteiger partial charge on any atom is 0.313 e. The number of carbonyl (C=O) groups excluding carboxylic acids is 2. The zero-order chi connectivity index (χ0) is 22.2. The van der Waals surface area contributed by atoms with Gasteiger partial charge in [0, 0.05) is 24.7 Å². The predicted molar refractivity (Wildman–Crippen MR) is 116 cm³/mol. The molecule has 0 bridgehead atoms. The van der Waals surface area contributed by atoms with Gasteiger partial charge < -0.3 is 20.1 Å². The monoisotopic (exact) mass is 442 g/mol. The van der Waals surface area contributed by atoms with Crippen LogP contribution in [-0.4, -0.2) is 56.7 Å². The zero-order valence-corrected chi connectivity index (χ0v) is 17.8. The molecule has 2 aromatic rings. The molecule has 9 heteroatoms. The van der Waals surface area contributed by atoms with Crippen LogP contribution in [0.2, 0.25) is 5.02 Å². The normalized spacial score (nSPS) is 14.9. The Morgan fingerprint density at radius 2 is 2.00 bits per heavy atom. The Balaban J connectivity index is 1.70. The molecule has 1 aliphatic rings. The molecule has 0 aromatic heterocycles. The van der Waals surface area contributed by atoms with E-state index in [-0.39, 0.29) is 23.8 Å². The lowest BCUT2D eigenvalue weighted by Crippen LogP contribution is -2.45. The van der Waals surface area contributed by atoms with Crippen molar-refractivity contribution < 1.29 is 19.1 Å². The maximum atomic E-state index is 12.5. The first kappa shape index (κ1) is 22.6. The number of methoxy groups -OCH3 is 1. The number of halogens is 1. The number of ether oxygens (including phenoxy) is 2. The number of morpholine rings is 1. The molecule has 1 saturated heterocycles. The van der Waals surface area contributed by atoms with E-state index in [9.17, 15) is 14.9 Å². The molecule has 8 nitrogen and oxygen atoms in total. The molecule has 31 heavy (non-hydrogen) atoms. The first-order valence-corrected chi connectivity index (χ1v) is 10.1. The van der Waals surface area contributed by atoms with Crippen molar-refractivity contribution in [2.24, 2.45) is 0 Å². The van der Waals surface area contributed by atoms with E-state index >= 15 is 0 Å². The second kappa shape index (κ2) is 10.8. The highest BCUT2D eigenvalue weighted by Gasteiger charge is 2.25. The minimum Gasteiger partial charge on any atom is -0.497 e. The average Bonchev–Trinajstić information content (AvgIpc) is 2.80. The SMILES string of the molecule is COc1cccc([C@H](CNC(=O)C(=O)Nc2cc(Cl)ccc2C#N)N2CCOCC2)c1. The van der Waals surface area contributed by atoms with Gasteiger partial charge in [-0.2, -0.15) is 5.26 Å². The molecule has 0 aliphatic carbocycles. The van der Waals surface area contributed by atoms with Crippen LogP contribution in [0.4, 0.5) is 5.69 Å². The van der Waals surface area contributed by atoms with Crippen LogP contribution in [0.25, 0.3) is 0 Å². The Morgan fingerprint density at radius 3 is 2.71 bits per heavy atom. The van der Waals surface area contributed by atoms with Crippen LogP contribution in [0.5, 0.6) is 5.75 Å². The van der Waals surface area contributed by atoms with E-state index in [4.69, 9.17) is 21.1 Å². The van der Waals surface area contributed by atoms with Gasteiger partial charge in [-0.25, -0.2) is 0 Å². The van der Waals surface area contributed by atoms with Crippen LogP contribution < -0.4 is 15.4 Å². The summed E-state index contributed by atoms with van der Waals surface area (Å²) in [4.78, 5) is 27.1. The summed E-state index contributed by atoms with van der Waals surface area (Å²) in [6.45, 7) is 2.83. The minimum absolute atomic E-state index is 0.156. The summed E-state index contributed by atoms with van der Waals surface area (Å²) in [5, 5.41) is 14.7. The molecule has 1 heterocycles. The number of rotatable bonds is 6. The van der Waals surface area contributed by atoms with Crippen molar-refractivity contribution in [1.82, 2.24) is 10.2 Å². The molecule has 1 atom stereocenters. The van der Waals surface area contributed by atoms with E-state index in [1.54, 1.807) is 7.11 Å². The molecule has 162 valence electrons. The Kier molecular flexibility index (Phi) is 7.84. The number of nitriles is 1. The molecule has 0 spiro atoms. The van der Waals surface area contributed by atoms with Gasteiger partial charge in [-0.05, 0) is 35.9 Å². The van der Waals surface area contributed by atoms with Crippen LogP contribution in [-0.2, 0) is 14.3 Å². The van der Waals surface area contributed by atoms with Gasteiger partial charge in [-0.15, -0.1) is 0 Å². The smallest absolute Gasteiger partial charge is 0.313 e. The van der Waals surface area contributed by atoms with Gasteiger partial charge in [-0.3, -0.25) is 14.5 Å². The van der Waals surface area contributed by atoms with Crippen molar-refractivity contribution in [2.75, 3.05) is 45.3 Å². The van der Waals surface area contributed by atoms with Gasteiger partial charge in [0.1, 0.15) is 11.8 Å². The van der Waals surface area contributed by atoms with E-state index in [1.165, 1.54) is 18.2 Å². The molecular formula is C22H23ClN4O4. The Morgan fingerprint density at radius 1 is 1.23 bits per heavy atom. The molecule has 1 fully saturated rings. The Bertz CT molecular complexity index is 986. The Hall–Kier alpha value is -3.12. The lowest BCUT2D eigenvalue weighted by atomic mass is 10.0. The van der Waals surface area contributed by atoms with Gasteiger partial charge in [0.2, 0.25) is 0 Å². The molecule has 2 N–H and O–H groups in total. The molecule has 0 saturated carbocycles. The van der Waals surface area contributed by atoms with Crippen LogP contribution in [0.1, 0.15) is 17.2 Å². The first-order valence-electron chi connectivity index (χ1n) is 9.76. The minimum atomic E-state index is -0.870. The summed E-state index contributed by atoms with van der Waals surface area (Å²) < 4.78 is 10.8. The summed E-state index contributed by atoms with van der Waals surface area (Å²) in [7, 11) is 1.60. The van der Waals surface area contributed by atoms with Crippen molar-refractivity contribution in [3.8, 4) is 11.8 Å². The number of nitrogens with one attached hydrogen (secondary N) is 2. The van der Waals surface area contributed by atoms with E-state index in [1.807, 2.05) is 30.3 Å².